The number of carbonyl (C=O) groups excluding carboxylic acids is 1. The number of aliphatic carboxylic acids is 1. The fourth-order valence-corrected chi connectivity index (χ4v) is 2.42. The van der Waals surface area contributed by atoms with Crippen LogP contribution >= 0.6 is 11.8 Å². The molecule has 4 nitrogen and oxygen atoms in total. The van der Waals surface area contributed by atoms with Crippen LogP contribution in [-0.4, -0.2) is 29.3 Å². The summed E-state index contributed by atoms with van der Waals surface area (Å²) in [4.78, 5) is 23.2. The number of hydrogen-bond acceptors (Lipinski definition) is 3. The predicted octanol–water partition coefficient (Wildman–Crippen LogP) is 2.40. The lowest BCUT2D eigenvalue weighted by molar-refractivity contribution is -0.138. The van der Waals surface area contributed by atoms with Gasteiger partial charge in [-0.15, -0.1) is 11.8 Å². The van der Waals surface area contributed by atoms with Crippen LogP contribution in [0.2, 0.25) is 0 Å². The summed E-state index contributed by atoms with van der Waals surface area (Å²) in [6, 6.07) is 9.99. The zero-order valence-corrected chi connectivity index (χ0v) is 11.8. The second kappa shape index (κ2) is 8.58. The fraction of sp³-hybridized carbons (Fsp3) is 0.429. The molecular weight excluding hydrogens is 262 g/mol. The topological polar surface area (TPSA) is 66.4 Å². The van der Waals surface area contributed by atoms with E-state index in [2.05, 4.69) is 5.32 Å². The zero-order chi connectivity index (χ0) is 14.1. The molecule has 104 valence electrons. The number of benzene rings is 1. The minimum Gasteiger partial charge on any atom is -0.481 e. The van der Waals surface area contributed by atoms with Crippen molar-refractivity contribution in [1.29, 1.82) is 0 Å². The molecule has 0 aliphatic heterocycles. The molecule has 0 saturated heterocycles. The van der Waals surface area contributed by atoms with Crippen molar-refractivity contribution in [3.05, 3.63) is 30.3 Å². The first-order valence-corrected chi connectivity index (χ1v) is 7.23. The highest BCUT2D eigenvalue weighted by molar-refractivity contribution is 7.99. The molecule has 0 fully saturated rings. The number of nitrogens with one attached hydrogen (secondary N) is 1. The minimum atomic E-state index is -0.861. The molecule has 0 aliphatic rings. The molecule has 1 rings (SSSR count). The van der Waals surface area contributed by atoms with E-state index in [1.54, 1.807) is 18.7 Å². The predicted molar refractivity (Wildman–Crippen MR) is 76.2 cm³/mol. The average Bonchev–Trinajstić information content (AvgIpc) is 2.35. The molecule has 1 amide bonds. The highest BCUT2D eigenvalue weighted by Crippen LogP contribution is 2.15. The van der Waals surface area contributed by atoms with Crippen molar-refractivity contribution >= 4 is 23.6 Å². The summed E-state index contributed by atoms with van der Waals surface area (Å²) in [6.07, 6.45) is 0.300. The second-order valence-electron chi connectivity index (χ2n) is 4.42. The summed E-state index contributed by atoms with van der Waals surface area (Å²) in [5.41, 5.74) is 0. The van der Waals surface area contributed by atoms with Gasteiger partial charge in [0.2, 0.25) is 5.91 Å². The molecule has 0 radical (unpaired) electrons. The van der Waals surface area contributed by atoms with Gasteiger partial charge in [0, 0.05) is 30.0 Å². The van der Waals surface area contributed by atoms with Crippen LogP contribution in [0.15, 0.2) is 35.2 Å². The summed E-state index contributed by atoms with van der Waals surface area (Å²) >= 11 is 1.68. The minimum absolute atomic E-state index is 0.0339. The fourth-order valence-electron chi connectivity index (χ4n) is 1.63. The first-order valence-electron chi connectivity index (χ1n) is 6.24. The van der Waals surface area contributed by atoms with E-state index in [1.807, 2.05) is 30.3 Å². The molecule has 0 aromatic heterocycles. The van der Waals surface area contributed by atoms with Gasteiger partial charge in [-0.2, -0.15) is 0 Å². The SMILES string of the molecule is CC(CC(=O)O)CC(=O)NCCSc1ccccc1. The molecule has 0 aliphatic carbocycles. The van der Waals surface area contributed by atoms with Crippen LogP contribution in [0.5, 0.6) is 0 Å². The van der Waals surface area contributed by atoms with Crippen LogP contribution in [0.4, 0.5) is 0 Å². The van der Waals surface area contributed by atoms with Crippen LogP contribution in [0.3, 0.4) is 0 Å². The number of carboxylic acid groups (broad SMARTS) is 1. The Balaban J connectivity index is 2.12. The van der Waals surface area contributed by atoms with Crippen molar-refractivity contribution in [3.63, 3.8) is 0 Å². The van der Waals surface area contributed by atoms with Gasteiger partial charge in [-0.05, 0) is 18.1 Å². The van der Waals surface area contributed by atoms with E-state index in [0.29, 0.717) is 6.54 Å². The van der Waals surface area contributed by atoms with Crippen LogP contribution in [-0.2, 0) is 9.59 Å². The van der Waals surface area contributed by atoms with Gasteiger partial charge in [0.15, 0.2) is 0 Å². The number of carbonyl (C=O) groups is 2. The summed E-state index contributed by atoms with van der Waals surface area (Å²) < 4.78 is 0. The highest BCUT2D eigenvalue weighted by atomic mass is 32.2. The molecule has 0 saturated carbocycles. The normalized spacial score (nSPS) is 11.8. The Hall–Kier alpha value is -1.49. The number of hydrogen-bond donors (Lipinski definition) is 2. The van der Waals surface area contributed by atoms with Gasteiger partial charge < -0.3 is 10.4 Å². The lowest BCUT2D eigenvalue weighted by Crippen LogP contribution is -2.27. The van der Waals surface area contributed by atoms with Gasteiger partial charge in [-0.25, -0.2) is 0 Å². The van der Waals surface area contributed by atoms with Gasteiger partial charge in [0.1, 0.15) is 0 Å². The highest BCUT2D eigenvalue weighted by Gasteiger charge is 2.11. The van der Waals surface area contributed by atoms with E-state index in [-0.39, 0.29) is 24.7 Å². The first kappa shape index (κ1) is 15.6. The van der Waals surface area contributed by atoms with E-state index in [1.165, 1.54) is 4.90 Å². The third-order valence-corrected chi connectivity index (χ3v) is 3.51. The molecule has 2 N–H and O–H groups in total. The Morgan fingerprint density at radius 1 is 1.26 bits per heavy atom. The van der Waals surface area contributed by atoms with Crippen LogP contribution in [0, 0.1) is 5.92 Å². The number of carboxylic acids is 1. The maximum Gasteiger partial charge on any atom is 0.303 e. The summed E-state index contributed by atoms with van der Waals surface area (Å²) in [7, 11) is 0. The van der Waals surface area contributed by atoms with Crippen LogP contribution in [0.25, 0.3) is 0 Å². The third-order valence-electron chi connectivity index (χ3n) is 2.49. The molecule has 1 unspecified atom stereocenters. The van der Waals surface area contributed by atoms with Crippen molar-refractivity contribution in [1.82, 2.24) is 5.32 Å². The molecule has 1 aromatic carbocycles. The van der Waals surface area contributed by atoms with E-state index < -0.39 is 5.97 Å². The third kappa shape index (κ3) is 7.51. The maximum atomic E-state index is 11.5. The summed E-state index contributed by atoms with van der Waals surface area (Å²) in [5, 5.41) is 11.4. The van der Waals surface area contributed by atoms with Crippen LogP contribution < -0.4 is 5.32 Å². The Labute approximate surface area is 117 Å². The lowest BCUT2D eigenvalue weighted by atomic mass is 10.0. The van der Waals surface area contributed by atoms with Gasteiger partial charge in [0.25, 0.3) is 0 Å². The average molecular weight is 281 g/mol. The standard InChI is InChI=1S/C14H19NO3S/c1-11(10-14(17)18)9-13(16)15-7-8-19-12-5-3-2-4-6-12/h2-6,11H,7-10H2,1H3,(H,15,16)(H,17,18). The number of amides is 1. The van der Waals surface area contributed by atoms with Crippen molar-refractivity contribution < 1.29 is 14.7 Å². The van der Waals surface area contributed by atoms with E-state index in [4.69, 9.17) is 5.11 Å². The van der Waals surface area contributed by atoms with E-state index in [9.17, 15) is 9.59 Å². The van der Waals surface area contributed by atoms with Gasteiger partial charge in [-0.3, -0.25) is 9.59 Å². The second-order valence-corrected chi connectivity index (χ2v) is 5.59. The van der Waals surface area contributed by atoms with Crippen molar-refractivity contribution in [2.45, 2.75) is 24.7 Å². The lowest BCUT2D eigenvalue weighted by Gasteiger charge is -2.09. The smallest absolute Gasteiger partial charge is 0.303 e. The Kier molecular flexibility index (Phi) is 7.03. The monoisotopic (exact) mass is 281 g/mol. The van der Waals surface area contributed by atoms with Crippen molar-refractivity contribution in [2.24, 2.45) is 5.92 Å². The quantitative estimate of drug-likeness (QED) is 0.567. The van der Waals surface area contributed by atoms with Gasteiger partial charge in [-0.1, -0.05) is 25.1 Å². The zero-order valence-electron chi connectivity index (χ0n) is 11.0. The van der Waals surface area contributed by atoms with E-state index >= 15 is 0 Å². The molecule has 0 spiro atoms. The van der Waals surface area contributed by atoms with Gasteiger partial charge in [0.05, 0.1) is 0 Å². The Morgan fingerprint density at radius 3 is 2.58 bits per heavy atom. The molecule has 19 heavy (non-hydrogen) atoms. The molecular formula is C14H19NO3S. The van der Waals surface area contributed by atoms with Crippen molar-refractivity contribution in [3.8, 4) is 0 Å². The number of rotatable bonds is 8. The first-order chi connectivity index (χ1) is 9.08. The molecule has 1 aromatic rings. The van der Waals surface area contributed by atoms with Gasteiger partial charge >= 0.3 is 5.97 Å². The maximum absolute atomic E-state index is 11.5. The van der Waals surface area contributed by atoms with Crippen LogP contribution in [0.1, 0.15) is 19.8 Å². The molecule has 5 heteroatoms. The molecule has 0 heterocycles. The summed E-state index contributed by atoms with van der Waals surface area (Å²) in [6.45, 7) is 2.37. The van der Waals surface area contributed by atoms with E-state index in [0.717, 1.165) is 5.75 Å². The summed E-state index contributed by atoms with van der Waals surface area (Å²) in [5.74, 6) is -0.259. The number of thioether (sulfide) groups is 1. The Bertz CT molecular complexity index is 408. The molecule has 0 bridgehead atoms. The molecule has 1 atom stereocenters. The van der Waals surface area contributed by atoms with Crippen molar-refractivity contribution in [2.75, 3.05) is 12.3 Å². The largest absolute Gasteiger partial charge is 0.481 e. The Morgan fingerprint density at radius 2 is 1.95 bits per heavy atom.